The fourth-order valence-electron chi connectivity index (χ4n) is 2.98. The zero-order chi connectivity index (χ0) is 19.6. The molecule has 1 N–H and O–H groups in total. The lowest BCUT2D eigenvalue weighted by molar-refractivity contribution is -0.138. The molecule has 1 aromatic rings. The number of fused-ring (bicyclic) bond motifs is 1. The first-order valence-electron chi connectivity index (χ1n) is 8.01. The van der Waals surface area contributed by atoms with Gasteiger partial charge >= 0.3 is 17.9 Å². The molecule has 27 heavy (non-hydrogen) atoms. The van der Waals surface area contributed by atoms with Gasteiger partial charge in [0.2, 0.25) is 0 Å². The second-order valence-electron chi connectivity index (χ2n) is 5.71. The molecule has 0 aliphatic carbocycles. The van der Waals surface area contributed by atoms with Gasteiger partial charge in [0.25, 0.3) is 0 Å². The number of rotatable bonds is 4. The molecule has 0 saturated carbocycles. The van der Waals surface area contributed by atoms with Crippen molar-refractivity contribution in [1.82, 2.24) is 0 Å². The number of methoxy groups -OCH3 is 2. The number of cyclic esters (lactones) is 1. The van der Waals surface area contributed by atoms with Crippen molar-refractivity contribution in [2.24, 2.45) is 0 Å². The van der Waals surface area contributed by atoms with Crippen LogP contribution in [0.4, 0.5) is 5.69 Å². The monoisotopic (exact) mass is 371 g/mol. The average Bonchev–Trinajstić information content (AvgIpc) is 3.02. The molecule has 0 bridgehead atoms. The first kappa shape index (κ1) is 18.2. The van der Waals surface area contributed by atoms with Crippen LogP contribution in [0.1, 0.15) is 5.56 Å². The molecule has 2 aliphatic heterocycles. The summed E-state index contributed by atoms with van der Waals surface area (Å²) in [7, 11) is 2.35. The minimum Gasteiger partial charge on any atom is -0.508 e. The van der Waals surface area contributed by atoms with E-state index in [9.17, 15) is 19.5 Å². The number of para-hydroxylation sites is 1. The van der Waals surface area contributed by atoms with Gasteiger partial charge in [0.15, 0.2) is 0 Å². The molecule has 2 aliphatic rings. The molecular formula is C19H17NO7. The highest BCUT2D eigenvalue weighted by atomic mass is 16.5. The smallest absolute Gasteiger partial charge is 0.354 e. The van der Waals surface area contributed by atoms with Crippen LogP contribution in [-0.2, 0) is 28.6 Å². The summed E-state index contributed by atoms with van der Waals surface area (Å²) in [6.45, 7) is -0.248. The standard InChI is InChI=1S/C19H17NO7/c1-25-16(22)9-14(18(23)26-2)20-12-6-4-3-5-11(12)7-8-13(20)17-15(21)10-27-19(17)24/h3-9,13,21H,10H2,1-2H3/b14-9+. The van der Waals surface area contributed by atoms with Gasteiger partial charge in [-0.25, -0.2) is 14.4 Å². The van der Waals surface area contributed by atoms with E-state index in [1.165, 1.54) is 19.1 Å². The van der Waals surface area contributed by atoms with Crippen molar-refractivity contribution in [3.63, 3.8) is 0 Å². The molecular weight excluding hydrogens is 354 g/mol. The van der Waals surface area contributed by atoms with E-state index in [1.807, 2.05) is 12.1 Å². The van der Waals surface area contributed by atoms with E-state index in [2.05, 4.69) is 4.74 Å². The summed E-state index contributed by atoms with van der Waals surface area (Å²) in [6.07, 6.45) is 4.37. The lowest BCUT2D eigenvalue weighted by Crippen LogP contribution is -2.41. The zero-order valence-electron chi connectivity index (χ0n) is 14.7. The second-order valence-corrected chi connectivity index (χ2v) is 5.71. The van der Waals surface area contributed by atoms with Crippen LogP contribution < -0.4 is 4.90 Å². The SMILES string of the molecule is COC(=O)/C=C(\C(=O)OC)N1c2ccccc2C=CC1C1=C(O)COC1=O. The summed E-state index contributed by atoms with van der Waals surface area (Å²) >= 11 is 0. The van der Waals surface area contributed by atoms with Crippen molar-refractivity contribution in [3.05, 3.63) is 59.0 Å². The predicted molar refractivity (Wildman–Crippen MR) is 94.5 cm³/mol. The quantitative estimate of drug-likeness (QED) is 0.482. The van der Waals surface area contributed by atoms with Gasteiger partial charge in [-0.15, -0.1) is 0 Å². The summed E-state index contributed by atoms with van der Waals surface area (Å²) < 4.78 is 14.3. The molecule has 1 atom stereocenters. The summed E-state index contributed by atoms with van der Waals surface area (Å²) in [5.74, 6) is -2.51. The van der Waals surface area contributed by atoms with E-state index in [1.54, 1.807) is 24.3 Å². The minimum atomic E-state index is -0.870. The molecule has 0 saturated heterocycles. The third-order valence-corrected chi connectivity index (χ3v) is 4.21. The van der Waals surface area contributed by atoms with E-state index in [-0.39, 0.29) is 23.6 Å². The number of hydrogen-bond acceptors (Lipinski definition) is 8. The van der Waals surface area contributed by atoms with Gasteiger partial charge in [-0.3, -0.25) is 0 Å². The number of anilines is 1. The van der Waals surface area contributed by atoms with Crippen LogP contribution in [0.3, 0.4) is 0 Å². The molecule has 1 unspecified atom stereocenters. The summed E-state index contributed by atoms with van der Waals surface area (Å²) in [4.78, 5) is 37.9. The number of nitrogens with zero attached hydrogens (tertiary/aromatic N) is 1. The Labute approximate surface area is 154 Å². The molecule has 1 aromatic carbocycles. The normalized spacial score (nSPS) is 18.9. The molecule has 8 nitrogen and oxygen atoms in total. The van der Waals surface area contributed by atoms with Gasteiger partial charge in [0.1, 0.15) is 23.6 Å². The highest BCUT2D eigenvalue weighted by molar-refractivity contribution is 6.03. The second kappa shape index (κ2) is 7.36. The Kier molecular flexibility index (Phi) is 4.98. The van der Waals surface area contributed by atoms with Crippen molar-refractivity contribution in [1.29, 1.82) is 0 Å². The van der Waals surface area contributed by atoms with Gasteiger partial charge in [0.05, 0.1) is 26.3 Å². The molecule has 0 fully saturated rings. The number of aliphatic hydroxyl groups excluding tert-OH is 1. The third-order valence-electron chi connectivity index (χ3n) is 4.21. The maximum atomic E-state index is 12.4. The fourth-order valence-corrected chi connectivity index (χ4v) is 2.98. The average molecular weight is 371 g/mol. The summed E-state index contributed by atoms with van der Waals surface area (Å²) in [5, 5.41) is 10.1. The molecule has 140 valence electrons. The third kappa shape index (κ3) is 3.29. The molecule has 0 amide bonds. The van der Waals surface area contributed by atoms with Crippen LogP contribution in [-0.4, -0.2) is 49.9 Å². The Bertz CT molecular complexity index is 897. The topological polar surface area (TPSA) is 102 Å². The maximum absolute atomic E-state index is 12.4. The van der Waals surface area contributed by atoms with E-state index in [0.717, 1.165) is 11.6 Å². The van der Waals surface area contributed by atoms with Crippen LogP contribution in [0.5, 0.6) is 0 Å². The molecule has 0 spiro atoms. The number of carbonyl (C=O) groups excluding carboxylic acids is 3. The first-order valence-corrected chi connectivity index (χ1v) is 8.01. The van der Waals surface area contributed by atoms with Crippen LogP contribution in [0.15, 0.2) is 53.4 Å². The minimum absolute atomic E-state index is 0.0135. The van der Waals surface area contributed by atoms with Crippen LogP contribution >= 0.6 is 0 Å². The summed E-state index contributed by atoms with van der Waals surface area (Å²) in [6, 6.07) is 6.21. The Morgan fingerprint density at radius 3 is 2.63 bits per heavy atom. The molecule has 0 radical (unpaired) electrons. The Morgan fingerprint density at radius 1 is 1.26 bits per heavy atom. The Hall–Kier alpha value is -3.55. The Morgan fingerprint density at radius 2 is 2.00 bits per heavy atom. The highest BCUT2D eigenvalue weighted by Crippen LogP contribution is 2.37. The maximum Gasteiger partial charge on any atom is 0.354 e. The van der Waals surface area contributed by atoms with Crippen molar-refractivity contribution < 1.29 is 33.7 Å². The van der Waals surface area contributed by atoms with Crippen molar-refractivity contribution in [2.45, 2.75) is 6.04 Å². The largest absolute Gasteiger partial charge is 0.508 e. The lowest BCUT2D eigenvalue weighted by atomic mass is 9.96. The fraction of sp³-hybridized carbons (Fsp3) is 0.211. The molecule has 8 heteroatoms. The van der Waals surface area contributed by atoms with E-state index >= 15 is 0 Å². The summed E-state index contributed by atoms with van der Waals surface area (Å²) in [5.41, 5.74) is 1.14. The van der Waals surface area contributed by atoms with Crippen molar-refractivity contribution in [2.75, 3.05) is 25.7 Å². The zero-order valence-corrected chi connectivity index (χ0v) is 14.7. The van der Waals surface area contributed by atoms with Gasteiger partial charge in [-0.2, -0.15) is 0 Å². The number of carbonyl (C=O) groups is 3. The molecule has 3 rings (SSSR count). The first-order chi connectivity index (χ1) is 13.0. The van der Waals surface area contributed by atoms with Crippen LogP contribution in [0, 0.1) is 0 Å². The van der Waals surface area contributed by atoms with Crippen molar-refractivity contribution >= 4 is 29.7 Å². The number of esters is 3. The van der Waals surface area contributed by atoms with Gasteiger partial charge in [-0.05, 0) is 11.6 Å². The van der Waals surface area contributed by atoms with Crippen LogP contribution in [0.2, 0.25) is 0 Å². The van der Waals surface area contributed by atoms with Gasteiger partial charge in [-0.1, -0.05) is 30.4 Å². The number of aliphatic hydroxyl groups is 1. The predicted octanol–water partition coefficient (Wildman–Crippen LogP) is 1.49. The molecule has 2 heterocycles. The van der Waals surface area contributed by atoms with E-state index < -0.39 is 23.9 Å². The van der Waals surface area contributed by atoms with Crippen LogP contribution in [0.25, 0.3) is 6.08 Å². The van der Waals surface area contributed by atoms with E-state index in [4.69, 9.17) is 9.47 Å². The highest BCUT2D eigenvalue weighted by Gasteiger charge is 2.39. The van der Waals surface area contributed by atoms with Gasteiger partial charge < -0.3 is 24.2 Å². The van der Waals surface area contributed by atoms with Gasteiger partial charge in [0, 0.05) is 5.69 Å². The van der Waals surface area contributed by atoms with Crippen molar-refractivity contribution in [3.8, 4) is 0 Å². The molecule has 0 aromatic heterocycles. The lowest BCUT2D eigenvalue weighted by Gasteiger charge is -2.36. The number of hydrogen-bond donors (Lipinski definition) is 1. The van der Waals surface area contributed by atoms with E-state index in [0.29, 0.717) is 5.69 Å². The number of benzene rings is 1. The Balaban J connectivity index is 2.21. The number of ether oxygens (including phenoxy) is 3.